The molecule has 1 aliphatic rings. The number of aryl methyl sites for hydroxylation is 1. The van der Waals surface area contributed by atoms with Gasteiger partial charge in [-0.1, -0.05) is 30.5 Å². The maximum Gasteiger partial charge on any atom is 0.243 e. The lowest BCUT2D eigenvalue weighted by atomic mass is 10.2. The van der Waals surface area contributed by atoms with Crippen molar-refractivity contribution in [2.75, 3.05) is 32.0 Å². The molecule has 0 bridgehead atoms. The first-order valence-corrected chi connectivity index (χ1v) is 8.83. The van der Waals surface area contributed by atoms with E-state index in [-0.39, 0.29) is 24.4 Å². The molecule has 24 heavy (non-hydrogen) atoms. The summed E-state index contributed by atoms with van der Waals surface area (Å²) >= 11 is 0. The second kappa shape index (κ2) is 8.83. The maximum absolute atomic E-state index is 12.6. The lowest BCUT2D eigenvalue weighted by Crippen LogP contribution is -2.48. The third-order valence-electron chi connectivity index (χ3n) is 4.64. The van der Waals surface area contributed by atoms with Gasteiger partial charge in [0.2, 0.25) is 11.8 Å². The molecule has 0 radical (unpaired) electrons. The highest BCUT2D eigenvalue weighted by molar-refractivity contribution is 5.95. The molecule has 2 amide bonds. The van der Waals surface area contributed by atoms with Crippen LogP contribution >= 0.6 is 0 Å². The number of hydrogen-bond donors (Lipinski definition) is 1. The highest BCUT2D eigenvalue weighted by Crippen LogP contribution is 2.14. The molecule has 1 atom stereocenters. The van der Waals surface area contributed by atoms with Crippen molar-refractivity contribution in [1.29, 1.82) is 0 Å². The Balaban J connectivity index is 1.85. The Morgan fingerprint density at radius 3 is 2.29 bits per heavy atom. The van der Waals surface area contributed by atoms with Crippen LogP contribution in [-0.4, -0.2) is 54.3 Å². The van der Waals surface area contributed by atoms with Crippen molar-refractivity contribution in [3.8, 4) is 0 Å². The van der Waals surface area contributed by atoms with Gasteiger partial charge < -0.3 is 10.2 Å². The first-order valence-electron chi connectivity index (χ1n) is 8.83. The summed E-state index contributed by atoms with van der Waals surface area (Å²) in [5, 5.41) is 2.84. The predicted molar refractivity (Wildman–Crippen MR) is 96.9 cm³/mol. The molecule has 0 aromatic heterocycles. The van der Waals surface area contributed by atoms with E-state index in [9.17, 15) is 9.59 Å². The standard InChI is InChI=1S/C19H29N3O2/c1-15-8-10-17(11-9-15)20-18(23)14-21(3)19(24)16(2)22-12-6-4-5-7-13-22/h8-11,16H,4-7,12-14H2,1-3H3,(H,20,23)/t16-/m1/s1. The van der Waals surface area contributed by atoms with Gasteiger partial charge in [-0.2, -0.15) is 0 Å². The van der Waals surface area contributed by atoms with Crippen LogP contribution in [0.2, 0.25) is 0 Å². The summed E-state index contributed by atoms with van der Waals surface area (Å²) < 4.78 is 0. The molecule has 1 saturated heterocycles. The van der Waals surface area contributed by atoms with Gasteiger partial charge in [0.25, 0.3) is 0 Å². The SMILES string of the molecule is Cc1ccc(NC(=O)CN(C)C(=O)[C@@H](C)N2CCCCCC2)cc1. The van der Waals surface area contributed by atoms with E-state index >= 15 is 0 Å². The fraction of sp³-hybridized carbons (Fsp3) is 0.579. The summed E-state index contributed by atoms with van der Waals surface area (Å²) in [7, 11) is 1.70. The monoisotopic (exact) mass is 331 g/mol. The van der Waals surface area contributed by atoms with Gasteiger partial charge in [0.05, 0.1) is 12.6 Å². The van der Waals surface area contributed by atoms with Gasteiger partial charge >= 0.3 is 0 Å². The van der Waals surface area contributed by atoms with Gasteiger partial charge in [0.15, 0.2) is 0 Å². The number of rotatable bonds is 5. The highest BCUT2D eigenvalue weighted by Gasteiger charge is 2.25. The van der Waals surface area contributed by atoms with E-state index in [0.29, 0.717) is 0 Å². The van der Waals surface area contributed by atoms with Crippen molar-refractivity contribution in [2.45, 2.75) is 45.6 Å². The third-order valence-corrected chi connectivity index (χ3v) is 4.64. The Bertz CT molecular complexity index is 548. The first kappa shape index (κ1) is 18.5. The predicted octanol–water partition coefficient (Wildman–Crippen LogP) is 2.66. The number of anilines is 1. The topological polar surface area (TPSA) is 52.7 Å². The molecule has 1 heterocycles. The molecule has 5 heteroatoms. The van der Waals surface area contributed by atoms with Crippen LogP contribution in [-0.2, 0) is 9.59 Å². The van der Waals surface area contributed by atoms with Crippen molar-refractivity contribution in [3.63, 3.8) is 0 Å². The molecule has 0 unspecified atom stereocenters. The Morgan fingerprint density at radius 2 is 1.71 bits per heavy atom. The van der Waals surface area contributed by atoms with Crippen LogP contribution in [0.1, 0.15) is 38.2 Å². The van der Waals surface area contributed by atoms with Crippen LogP contribution in [0.15, 0.2) is 24.3 Å². The summed E-state index contributed by atoms with van der Waals surface area (Å²) in [5.41, 5.74) is 1.90. The largest absolute Gasteiger partial charge is 0.335 e. The summed E-state index contributed by atoms with van der Waals surface area (Å²) in [6.07, 6.45) is 4.78. The zero-order chi connectivity index (χ0) is 17.5. The minimum Gasteiger partial charge on any atom is -0.335 e. The minimum absolute atomic E-state index is 0.0101. The molecule has 1 aromatic rings. The normalized spacial score (nSPS) is 17.0. The van der Waals surface area contributed by atoms with Crippen molar-refractivity contribution in [3.05, 3.63) is 29.8 Å². The number of hydrogen-bond acceptors (Lipinski definition) is 3. The fourth-order valence-corrected chi connectivity index (χ4v) is 3.09. The van der Waals surface area contributed by atoms with Crippen molar-refractivity contribution >= 4 is 17.5 Å². The number of benzene rings is 1. The van der Waals surface area contributed by atoms with Gasteiger partial charge in [0, 0.05) is 12.7 Å². The summed E-state index contributed by atoms with van der Waals surface area (Å²) in [6.45, 7) is 5.96. The van der Waals surface area contributed by atoms with Gasteiger partial charge in [-0.25, -0.2) is 0 Å². The maximum atomic E-state index is 12.6. The summed E-state index contributed by atoms with van der Waals surface area (Å²) in [6, 6.07) is 7.47. The smallest absolute Gasteiger partial charge is 0.243 e. The van der Waals surface area contributed by atoms with E-state index in [4.69, 9.17) is 0 Å². The number of amides is 2. The molecule has 1 aromatic carbocycles. The molecule has 1 aliphatic heterocycles. The average Bonchev–Trinajstić information content (AvgIpc) is 2.84. The molecule has 5 nitrogen and oxygen atoms in total. The van der Waals surface area contributed by atoms with Crippen LogP contribution < -0.4 is 5.32 Å². The zero-order valence-corrected chi connectivity index (χ0v) is 15.0. The number of nitrogens with zero attached hydrogens (tertiary/aromatic N) is 2. The molecule has 132 valence electrons. The summed E-state index contributed by atoms with van der Waals surface area (Å²) in [5.74, 6) is -0.159. The van der Waals surface area contributed by atoms with Gasteiger partial charge in [-0.05, 0) is 51.9 Å². The molecule has 1 fully saturated rings. The van der Waals surface area contributed by atoms with Crippen LogP contribution in [0.5, 0.6) is 0 Å². The first-order chi connectivity index (χ1) is 11.5. The third kappa shape index (κ3) is 5.34. The number of carbonyl (C=O) groups excluding carboxylic acids is 2. The Morgan fingerprint density at radius 1 is 1.12 bits per heavy atom. The highest BCUT2D eigenvalue weighted by atomic mass is 16.2. The molecular formula is C19H29N3O2. The van der Waals surface area contributed by atoms with E-state index in [2.05, 4.69) is 10.2 Å². The average molecular weight is 331 g/mol. The second-order valence-electron chi connectivity index (χ2n) is 6.73. The quantitative estimate of drug-likeness (QED) is 0.902. The minimum atomic E-state index is -0.169. The van der Waals surface area contributed by atoms with Crippen molar-refractivity contribution < 1.29 is 9.59 Å². The van der Waals surface area contributed by atoms with E-state index in [1.807, 2.05) is 38.1 Å². The number of likely N-dealkylation sites (N-methyl/N-ethyl adjacent to an activating group) is 1. The number of carbonyl (C=O) groups is 2. The Labute approximate surface area is 145 Å². The van der Waals surface area contributed by atoms with Crippen molar-refractivity contribution in [2.24, 2.45) is 0 Å². The van der Waals surface area contributed by atoms with E-state index in [1.165, 1.54) is 17.7 Å². The Kier molecular flexibility index (Phi) is 6.79. The molecule has 2 rings (SSSR count). The van der Waals surface area contributed by atoms with Crippen LogP contribution in [0.25, 0.3) is 0 Å². The molecular weight excluding hydrogens is 302 g/mol. The molecule has 0 spiro atoms. The van der Waals surface area contributed by atoms with Crippen LogP contribution in [0, 0.1) is 6.92 Å². The molecule has 0 saturated carbocycles. The fourth-order valence-electron chi connectivity index (χ4n) is 3.09. The lowest BCUT2D eigenvalue weighted by Gasteiger charge is -2.29. The second-order valence-corrected chi connectivity index (χ2v) is 6.73. The van der Waals surface area contributed by atoms with E-state index < -0.39 is 0 Å². The number of likely N-dealkylation sites (tertiary alicyclic amines) is 1. The molecule has 1 N–H and O–H groups in total. The van der Waals surface area contributed by atoms with Crippen LogP contribution in [0.3, 0.4) is 0 Å². The van der Waals surface area contributed by atoms with Crippen LogP contribution in [0.4, 0.5) is 5.69 Å². The van der Waals surface area contributed by atoms with Crippen molar-refractivity contribution in [1.82, 2.24) is 9.80 Å². The zero-order valence-electron chi connectivity index (χ0n) is 15.0. The Hall–Kier alpha value is -1.88. The molecule has 0 aliphatic carbocycles. The van der Waals surface area contributed by atoms with E-state index in [1.54, 1.807) is 7.05 Å². The lowest BCUT2D eigenvalue weighted by molar-refractivity contribution is -0.137. The van der Waals surface area contributed by atoms with E-state index in [0.717, 1.165) is 37.2 Å². The van der Waals surface area contributed by atoms with Gasteiger partial charge in [-0.3, -0.25) is 14.5 Å². The van der Waals surface area contributed by atoms with Gasteiger partial charge in [0.1, 0.15) is 0 Å². The van der Waals surface area contributed by atoms with Gasteiger partial charge in [-0.15, -0.1) is 0 Å². The number of nitrogens with one attached hydrogen (secondary N) is 1. The summed E-state index contributed by atoms with van der Waals surface area (Å²) in [4.78, 5) is 28.5.